The minimum absolute atomic E-state index is 0.578. The molecule has 2 heterocycles. The van der Waals surface area contributed by atoms with Gasteiger partial charge in [0.1, 0.15) is 11.9 Å². The maximum Gasteiger partial charge on any atom is 0.144 e. The Morgan fingerprint density at radius 1 is 1.04 bits per heavy atom. The Morgan fingerprint density at radius 3 is 2.52 bits per heavy atom. The van der Waals surface area contributed by atoms with E-state index in [1.165, 1.54) is 43.5 Å². The Bertz CT molecular complexity index is 667. The zero-order valence-electron chi connectivity index (χ0n) is 13.3. The first-order valence-corrected chi connectivity index (χ1v) is 8.24. The SMILES string of the molecule is N#Cc1cccnc1NCc1ccc(CN2CCCCC2)cc1. The Balaban J connectivity index is 1.56. The number of hydrogen-bond donors (Lipinski definition) is 1. The molecule has 0 saturated carbocycles. The van der Waals surface area contributed by atoms with E-state index in [1.807, 2.05) is 0 Å². The number of anilines is 1. The van der Waals surface area contributed by atoms with E-state index in [0.717, 1.165) is 6.54 Å². The van der Waals surface area contributed by atoms with Crippen molar-refractivity contribution in [1.29, 1.82) is 5.26 Å². The minimum atomic E-state index is 0.578. The summed E-state index contributed by atoms with van der Waals surface area (Å²) < 4.78 is 0. The molecule has 0 aliphatic carbocycles. The maximum atomic E-state index is 9.07. The Labute approximate surface area is 137 Å². The zero-order valence-corrected chi connectivity index (χ0v) is 13.3. The highest BCUT2D eigenvalue weighted by Crippen LogP contribution is 2.15. The largest absolute Gasteiger partial charge is 0.365 e. The number of pyridine rings is 1. The molecule has 1 aromatic heterocycles. The molecule has 1 aliphatic heterocycles. The number of piperidine rings is 1. The Kier molecular flexibility index (Phi) is 5.23. The first kappa shape index (κ1) is 15.5. The van der Waals surface area contributed by atoms with Crippen LogP contribution in [-0.4, -0.2) is 23.0 Å². The summed E-state index contributed by atoms with van der Waals surface area (Å²) in [4.78, 5) is 6.75. The number of nitrogens with one attached hydrogen (secondary N) is 1. The highest BCUT2D eigenvalue weighted by molar-refractivity contribution is 5.51. The number of hydrogen-bond acceptors (Lipinski definition) is 4. The van der Waals surface area contributed by atoms with Crippen molar-refractivity contribution in [3.63, 3.8) is 0 Å². The van der Waals surface area contributed by atoms with Crippen LogP contribution in [0.4, 0.5) is 5.82 Å². The molecule has 1 N–H and O–H groups in total. The molecule has 1 fully saturated rings. The van der Waals surface area contributed by atoms with Crippen molar-refractivity contribution in [2.75, 3.05) is 18.4 Å². The number of rotatable bonds is 5. The number of nitrogens with zero attached hydrogens (tertiary/aromatic N) is 3. The summed E-state index contributed by atoms with van der Waals surface area (Å²) in [6.07, 6.45) is 5.73. The van der Waals surface area contributed by atoms with Gasteiger partial charge in [-0.3, -0.25) is 4.90 Å². The zero-order chi connectivity index (χ0) is 15.9. The van der Waals surface area contributed by atoms with Gasteiger partial charge in [-0.1, -0.05) is 30.7 Å². The molecule has 1 aliphatic rings. The standard InChI is InChI=1S/C19H22N4/c20-13-18-5-4-10-21-19(18)22-14-16-6-8-17(9-7-16)15-23-11-2-1-3-12-23/h4-10H,1-3,11-12,14-15H2,(H,21,22). The van der Waals surface area contributed by atoms with E-state index in [-0.39, 0.29) is 0 Å². The summed E-state index contributed by atoms with van der Waals surface area (Å²) in [5.74, 6) is 0.646. The third-order valence-corrected chi connectivity index (χ3v) is 4.27. The Hall–Kier alpha value is -2.38. The number of benzene rings is 1. The highest BCUT2D eigenvalue weighted by Gasteiger charge is 2.10. The maximum absolute atomic E-state index is 9.07. The molecule has 0 radical (unpaired) electrons. The number of aromatic nitrogens is 1. The molecule has 3 rings (SSSR count). The van der Waals surface area contributed by atoms with Gasteiger partial charge in [-0.05, 0) is 49.2 Å². The predicted molar refractivity (Wildman–Crippen MR) is 91.8 cm³/mol. The third kappa shape index (κ3) is 4.30. The van der Waals surface area contributed by atoms with Crippen molar-refractivity contribution in [2.24, 2.45) is 0 Å². The predicted octanol–water partition coefficient (Wildman–Crippen LogP) is 3.55. The second-order valence-corrected chi connectivity index (χ2v) is 6.02. The van der Waals surface area contributed by atoms with Gasteiger partial charge in [0.25, 0.3) is 0 Å². The minimum Gasteiger partial charge on any atom is -0.365 e. The second-order valence-electron chi connectivity index (χ2n) is 6.02. The average molecular weight is 306 g/mol. The van der Waals surface area contributed by atoms with Gasteiger partial charge in [0, 0.05) is 19.3 Å². The summed E-state index contributed by atoms with van der Waals surface area (Å²) >= 11 is 0. The molecule has 2 aromatic rings. The Morgan fingerprint density at radius 2 is 1.78 bits per heavy atom. The van der Waals surface area contributed by atoms with Gasteiger partial charge in [0.15, 0.2) is 0 Å². The molecule has 0 amide bonds. The molecule has 1 saturated heterocycles. The topological polar surface area (TPSA) is 52.0 Å². The molecule has 118 valence electrons. The van der Waals surface area contributed by atoms with E-state index in [2.05, 4.69) is 45.5 Å². The van der Waals surface area contributed by atoms with E-state index in [9.17, 15) is 0 Å². The molecule has 0 atom stereocenters. The summed E-state index contributed by atoms with van der Waals surface area (Å²) in [5, 5.41) is 12.3. The molecule has 23 heavy (non-hydrogen) atoms. The normalized spacial score (nSPS) is 15.1. The molecular weight excluding hydrogens is 284 g/mol. The number of nitriles is 1. The third-order valence-electron chi connectivity index (χ3n) is 4.27. The average Bonchev–Trinajstić information content (AvgIpc) is 2.62. The fraction of sp³-hybridized carbons (Fsp3) is 0.368. The smallest absolute Gasteiger partial charge is 0.144 e. The van der Waals surface area contributed by atoms with Crippen LogP contribution in [0.5, 0.6) is 0 Å². The summed E-state index contributed by atoms with van der Waals surface area (Å²) in [5.41, 5.74) is 3.14. The van der Waals surface area contributed by atoms with Crippen molar-refractivity contribution in [1.82, 2.24) is 9.88 Å². The molecular formula is C19H22N4. The van der Waals surface area contributed by atoms with Crippen LogP contribution in [0, 0.1) is 11.3 Å². The van der Waals surface area contributed by atoms with Gasteiger partial charge in [-0.2, -0.15) is 5.26 Å². The van der Waals surface area contributed by atoms with Crippen molar-refractivity contribution < 1.29 is 0 Å². The van der Waals surface area contributed by atoms with Crippen molar-refractivity contribution in [3.8, 4) is 6.07 Å². The molecule has 4 heteroatoms. The monoisotopic (exact) mass is 306 g/mol. The lowest BCUT2D eigenvalue weighted by molar-refractivity contribution is 0.221. The van der Waals surface area contributed by atoms with Gasteiger partial charge in [0.2, 0.25) is 0 Å². The van der Waals surface area contributed by atoms with Crippen LogP contribution in [0.15, 0.2) is 42.6 Å². The molecule has 0 bridgehead atoms. The van der Waals surface area contributed by atoms with Crippen molar-refractivity contribution >= 4 is 5.82 Å². The lowest BCUT2D eigenvalue weighted by Crippen LogP contribution is -2.29. The van der Waals surface area contributed by atoms with Crippen LogP contribution in [0.1, 0.15) is 36.0 Å². The summed E-state index contributed by atoms with van der Waals surface area (Å²) in [6.45, 7) is 4.17. The molecule has 0 spiro atoms. The summed E-state index contributed by atoms with van der Waals surface area (Å²) in [7, 11) is 0. The first-order chi connectivity index (χ1) is 11.3. The second kappa shape index (κ2) is 7.75. The van der Waals surface area contributed by atoms with Crippen LogP contribution >= 0.6 is 0 Å². The number of likely N-dealkylation sites (tertiary alicyclic amines) is 1. The van der Waals surface area contributed by atoms with Crippen LogP contribution in [-0.2, 0) is 13.1 Å². The van der Waals surface area contributed by atoms with Crippen LogP contribution in [0.25, 0.3) is 0 Å². The van der Waals surface area contributed by atoms with Gasteiger partial charge in [-0.15, -0.1) is 0 Å². The molecule has 1 aromatic carbocycles. The van der Waals surface area contributed by atoms with E-state index >= 15 is 0 Å². The van der Waals surface area contributed by atoms with Crippen LogP contribution < -0.4 is 5.32 Å². The van der Waals surface area contributed by atoms with E-state index in [1.54, 1.807) is 18.3 Å². The van der Waals surface area contributed by atoms with Crippen LogP contribution in [0.2, 0.25) is 0 Å². The summed E-state index contributed by atoms with van der Waals surface area (Å²) in [6, 6.07) is 14.4. The first-order valence-electron chi connectivity index (χ1n) is 8.24. The van der Waals surface area contributed by atoms with E-state index in [0.29, 0.717) is 17.9 Å². The highest BCUT2D eigenvalue weighted by atomic mass is 15.1. The van der Waals surface area contributed by atoms with Crippen molar-refractivity contribution in [2.45, 2.75) is 32.4 Å². The van der Waals surface area contributed by atoms with Gasteiger partial charge in [-0.25, -0.2) is 4.98 Å². The van der Waals surface area contributed by atoms with Crippen LogP contribution in [0.3, 0.4) is 0 Å². The van der Waals surface area contributed by atoms with Gasteiger partial charge < -0.3 is 5.32 Å². The fourth-order valence-corrected chi connectivity index (χ4v) is 2.96. The van der Waals surface area contributed by atoms with Gasteiger partial charge in [0.05, 0.1) is 5.56 Å². The molecule has 0 unspecified atom stereocenters. The quantitative estimate of drug-likeness (QED) is 0.918. The van der Waals surface area contributed by atoms with Crippen molar-refractivity contribution in [3.05, 3.63) is 59.3 Å². The van der Waals surface area contributed by atoms with E-state index in [4.69, 9.17) is 5.26 Å². The fourth-order valence-electron chi connectivity index (χ4n) is 2.96. The van der Waals surface area contributed by atoms with Gasteiger partial charge >= 0.3 is 0 Å². The molecule has 4 nitrogen and oxygen atoms in total. The lowest BCUT2D eigenvalue weighted by Gasteiger charge is -2.26. The van der Waals surface area contributed by atoms with E-state index < -0.39 is 0 Å². The lowest BCUT2D eigenvalue weighted by atomic mass is 10.1.